The molecule has 2 aromatic rings. The third-order valence-corrected chi connectivity index (χ3v) is 4.59. The highest BCUT2D eigenvalue weighted by atomic mass is 16.1. The molecule has 3 rings (SSSR count). The molecule has 0 saturated heterocycles. The Bertz CT molecular complexity index is 759. The molecule has 0 spiro atoms. The Kier molecular flexibility index (Phi) is 5.31. The molecule has 1 aromatic carbocycles. The molecule has 25 heavy (non-hydrogen) atoms. The molecule has 132 valence electrons. The summed E-state index contributed by atoms with van der Waals surface area (Å²) in [5, 5.41) is 11.7. The molecule has 1 amide bonds. The van der Waals surface area contributed by atoms with Gasteiger partial charge in [0.15, 0.2) is 5.82 Å². The molecule has 0 saturated carbocycles. The molecule has 0 fully saturated rings. The molecule has 5 nitrogen and oxygen atoms in total. The first kappa shape index (κ1) is 17.4. The maximum absolute atomic E-state index is 12.4. The molecule has 1 N–H and O–H groups in total. The second-order valence-corrected chi connectivity index (χ2v) is 7.04. The van der Waals surface area contributed by atoms with Gasteiger partial charge in [-0.3, -0.25) is 4.79 Å². The van der Waals surface area contributed by atoms with Gasteiger partial charge >= 0.3 is 0 Å². The molecule has 1 aromatic heterocycles. The zero-order valence-electron chi connectivity index (χ0n) is 15.2. The number of nitrogens with one attached hydrogen (secondary N) is 1. The largest absolute Gasteiger partial charge is 0.346 e. The van der Waals surface area contributed by atoms with Gasteiger partial charge in [-0.1, -0.05) is 55.8 Å². The van der Waals surface area contributed by atoms with Gasteiger partial charge < -0.3 is 9.88 Å². The van der Waals surface area contributed by atoms with Gasteiger partial charge in [0, 0.05) is 19.4 Å². The normalized spacial score (nSPS) is 14.9. The molecule has 1 unspecified atom stereocenters. The van der Waals surface area contributed by atoms with Crippen LogP contribution < -0.4 is 5.32 Å². The molecule has 1 aliphatic rings. The Morgan fingerprint density at radius 3 is 2.76 bits per heavy atom. The predicted octanol–water partition coefficient (Wildman–Crippen LogP) is 3.45. The van der Waals surface area contributed by atoms with Crippen LogP contribution in [0.2, 0.25) is 0 Å². The molecule has 0 bridgehead atoms. The van der Waals surface area contributed by atoms with Gasteiger partial charge in [-0.05, 0) is 24.8 Å². The summed E-state index contributed by atoms with van der Waals surface area (Å²) in [5.74, 6) is 2.20. The van der Waals surface area contributed by atoms with Crippen molar-refractivity contribution in [2.75, 3.05) is 0 Å². The minimum Gasteiger partial charge on any atom is -0.346 e. The van der Waals surface area contributed by atoms with Gasteiger partial charge in [0.2, 0.25) is 5.91 Å². The van der Waals surface area contributed by atoms with Crippen molar-refractivity contribution in [3.63, 3.8) is 0 Å². The summed E-state index contributed by atoms with van der Waals surface area (Å²) in [5.41, 5.74) is 2.34. The average Bonchev–Trinajstić information content (AvgIpc) is 3.18. The first-order valence-corrected chi connectivity index (χ1v) is 8.99. The van der Waals surface area contributed by atoms with Gasteiger partial charge in [0.05, 0.1) is 6.04 Å². The highest BCUT2D eigenvalue weighted by Crippen LogP contribution is 2.24. The fourth-order valence-corrected chi connectivity index (χ4v) is 3.14. The first-order chi connectivity index (χ1) is 12.0. The average molecular weight is 338 g/mol. The molecular weight excluding hydrogens is 312 g/mol. The van der Waals surface area contributed by atoms with E-state index in [0.29, 0.717) is 6.42 Å². The molecule has 1 atom stereocenters. The Balaban J connectivity index is 1.62. The van der Waals surface area contributed by atoms with E-state index >= 15 is 0 Å². The van der Waals surface area contributed by atoms with E-state index in [0.717, 1.165) is 36.6 Å². The summed E-state index contributed by atoms with van der Waals surface area (Å²) in [6.45, 7) is 7.21. The van der Waals surface area contributed by atoms with E-state index in [4.69, 9.17) is 0 Å². The van der Waals surface area contributed by atoms with Crippen molar-refractivity contribution < 1.29 is 4.79 Å². The molecule has 0 aliphatic carbocycles. The summed E-state index contributed by atoms with van der Waals surface area (Å²) in [4.78, 5) is 12.4. The summed E-state index contributed by atoms with van der Waals surface area (Å²) in [6, 6.07) is 8.15. The van der Waals surface area contributed by atoms with E-state index in [2.05, 4.69) is 65.1 Å². The van der Waals surface area contributed by atoms with Crippen LogP contribution in [0.5, 0.6) is 0 Å². The number of rotatable bonds is 6. The van der Waals surface area contributed by atoms with Crippen LogP contribution in [0, 0.1) is 12.8 Å². The highest BCUT2D eigenvalue weighted by molar-refractivity contribution is 5.78. The van der Waals surface area contributed by atoms with Gasteiger partial charge in [0.25, 0.3) is 0 Å². The molecule has 0 radical (unpaired) electrons. The van der Waals surface area contributed by atoms with Gasteiger partial charge in [0.1, 0.15) is 5.82 Å². The third kappa shape index (κ3) is 4.16. The number of aryl methyl sites for hydroxylation is 2. The standard InChI is InChI=1S/C20H26N4O/c1-14(2)19(20-23-22-17-7-5-13-24(17)20)21-18(25)8-4-6-16-11-9-15(3)10-12-16/h4,6,9-12,14,19H,5,7-8,13H2,1-3H3,(H,21,25)/b6-4+. The smallest absolute Gasteiger partial charge is 0.224 e. The number of carbonyl (C=O) groups is 1. The number of hydrogen-bond acceptors (Lipinski definition) is 3. The maximum Gasteiger partial charge on any atom is 0.224 e. The zero-order valence-corrected chi connectivity index (χ0v) is 15.2. The van der Waals surface area contributed by atoms with E-state index in [9.17, 15) is 4.79 Å². The number of nitrogens with zero attached hydrogens (tertiary/aromatic N) is 3. The van der Waals surface area contributed by atoms with Crippen LogP contribution in [0.3, 0.4) is 0 Å². The number of carbonyl (C=O) groups excluding carboxylic acids is 1. The number of fused-ring (bicyclic) bond motifs is 1. The predicted molar refractivity (Wildman–Crippen MR) is 98.9 cm³/mol. The summed E-state index contributed by atoms with van der Waals surface area (Å²) >= 11 is 0. The summed E-state index contributed by atoms with van der Waals surface area (Å²) < 4.78 is 2.16. The molecule has 5 heteroatoms. The van der Waals surface area contributed by atoms with Crippen molar-refractivity contribution in [3.8, 4) is 0 Å². The second kappa shape index (κ2) is 7.64. The SMILES string of the molecule is Cc1ccc(/C=C/CC(=O)NC(c2nnc3n2CCC3)C(C)C)cc1. The van der Waals surface area contributed by atoms with Crippen LogP contribution >= 0.6 is 0 Å². The lowest BCUT2D eigenvalue weighted by atomic mass is 10.0. The topological polar surface area (TPSA) is 59.8 Å². The van der Waals surface area contributed by atoms with Gasteiger partial charge in [-0.2, -0.15) is 0 Å². The highest BCUT2D eigenvalue weighted by Gasteiger charge is 2.27. The Morgan fingerprint density at radius 1 is 1.28 bits per heavy atom. The Labute approximate surface area is 149 Å². The van der Waals surface area contributed by atoms with Crippen molar-refractivity contribution >= 4 is 12.0 Å². The minimum absolute atomic E-state index is 0.0115. The number of aromatic nitrogens is 3. The lowest BCUT2D eigenvalue weighted by Crippen LogP contribution is -2.33. The van der Waals surface area contributed by atoms with Crippen LogP contribution in [0.4, 0.5) is 0 Å². The fraction of sp³-hybridized carbons (Fsp3) is 0.450. The number of benzene rings is 1. The van der Waals surface area contributed by atoms with Crippen LogP contribution in [0.15, 0.2) is 30.3 Å². The van der Waals surface area contributed by atoms with Crippen molar-refractivity contribution in [2.24, 2.45) is 5.92 Å². The van der Waals surface area contributed by atoms with Crippen molar-refractivity contribution in [2.45, 2.75) is 52.6 Å². The Morgan fingerprint density at radius 2 is 2.04 bits per heavy atom. The van der Waals surface area contributed by atoms with Crippen LogP contribution in [0.1, 0.15) is 55.5 Å². The van der Waals surface area contributed by atoms with E-state index < -0.39 is 0 Å². The van der Waals surface area contributed by atoms with Crippen molar-refractivity contribution in [3.05, 3.63) is 53.1 Å². The minimum atomic E-state index is -0.0976. The maximum atomic E-state index is 12.4. The lowest BCUT2D eigenvalue weighted by molar-refractivity contribution is -0.121. The number of amides is 1. The van der Waals surface area contributed by atoms with Crippen molar-refractivity contribution in [1.82, 2.24) is 20.1 Å². The van der Waals surface area contributed by atoms with E-state index in [1.54, 1.807) is 0 Å². The van der Waals surface area contributed by atoms with E-state index in [-0.39, 0.29) is 17.9 Å². The van der Waals surface area contributed by atoms with Gasteiger partial charge in [-0.25, -0.2) is 0 Å². The molecule has 2 heterocycles. The van der Waals surface area contributed by atoms with Gasteiger partial charge in [-0.15, -0.1) is 10.2 Å². The second-order valence-electron chi connectivity index (χ2n) is 7.04. The monoisotopic (exact) mass is 338 g/mol. The summed E-state index contributed by atoms with van der Waals surface area (Å²) in [7, 11) is 0. The third-order valence-electron chi connectivity index (χ3n) is 4.59. The number of hydrogen-bond donors (Lipinski definition) is 1. The first-order valence-electron chi connectivity index (χ1n) is 8.99. The van der Waals surface area contributed by atoms with E-state index in [1.165, 1.54) is 5.56 Å². The van der Waals surface area contributed by atoms with Crippen LogP contribution in [-0.2, 0) is 17.8 Å². The van der Waals surface area contributed by atoms with Crippen molar-refractivity contribution in [1.29, 1.82) is 0 Å². The quantitative estimate of drug-likeness (QED) is 0.877. The van der Waals surface area contributed by atoms with Crippen LogP contribution in [0.25, 0.3) is 6.08 Å². The van der Waals surface area contributed by atoms with E-state index in [1.807, 2.05) is 12.2 Å². The zero-order chi connectivity index (χ0) is 17.8. The summed E-state index contributed by atoms with van der Waals surface area (Å²) in [6.07, 6.45) is 6.34. The Hall–Kier alpha value is -2.43. The molecule has 1 aliphatic heterocycles. The lowest BCUT2D eigenvalue weighted by Gasteiger charge is -2.21. The fourth-order valence-electron chi connectivity index (χ4n) is 3.14. The molecular formula is C20H26N4O. The van der Waals surface area contributed by atoms with Crippen LogP contribution in [-0.4, -0.2) is 20.7 Å².